The Balaban J connectivity index is 1.84. The van der Waals surface area contributed by atoms with Crippen LogP contribution in [0.5, 0.6) is 0 Å². The molecule has 21 heavy (non-hydrogen) atoms. The molecule has 0 aromatic carbocycles. The van der Waals surface area contributed by atoms with Crippen molar-refractivity contribution in [3.8, 4) is 0 Å². The summed E-state index contributed by atoms with van der Waals surface area (Å²) >= 11 is 5.00. The molecule has 3 N–H and O–H groups in total. The molecule has 2 unspecified atom stereocenters. The number of hydrogen-bond acceptors (Lipinski definition) is 2. The van der Waals surface area contributed by atoms with Gasteiger partial charge in [-0.05, 0) is 38.5 Å². The zero-order valence-corrected chi connectivity index (χ0v) is 12.6. The summed E-state index contributed by atoms with van der Waals surface area (Å²) in [6.45, 7) is 0. The lowest BCUT2D eigenvalue weighted by atomic mass is 9.81. The van der Waals surface area contributed by atoms with Crippen LogP contribution in [-0.4, -0.2) is 23.1 Å². The van der Waals surface area contributed by atoms with Crippen molar-refractivity contribution in [2.45, 2.75) is 57.2 Å². The maximum Gasteiger partial charge on any atom is 0.391 e. The summed E-state index contributed by atoms with van der Waals surface area (Å²) < 4.78 is 37.8. The molecule has 2 fully saturated rings. The van der Waals surface area contributed by atoms with E-state index in [0.717, 1.165) is 19.3 Å². The van der Waals surface area contributed by atoms with Crippen LogP contribution < -0.4 is 11.1 Å². The number of nitrogens with one attached hydrogen (secondary N) is 1. The number of nitrogens with two attached hydrogens (primary N) is 1. The Morgan fingerprint density at radius 1 is 1.10 bits per heavy atom. The van der Waals surface area contributed by atoms with Crippen molar-refractivity contribution in [1.29, 1.82) is 0 Å². The number of carbonyl (C=O) groups excluding carboxylic acids is 1. The fourth-order valence-corrected chi connectivity index (χ4v) is 3.74. The summed E-state index contributed by atoms with van der Waals surface area (Å²) in [4.78, 5) is 12.6. The predicted octanol–water partition coefficient (Wildman–Crippen LogP) is 2.93. The summed E-state index contributed by atoms with van der Waals surface area (Å²) in [5.74, 6) is -1.67. The van der Waals surface area contributed by atoms with Gasteiger partial charge in [-0.15, -0.1) is 0 Å². The van der Waals surface area contributed by atoms with Gasteiger partial charge in [0.1, 0.15) is 0 Å². The molecule has 0 saturated heterocycles. The monoisotopic (exact) mass is 322 g/mol. The SMILES string of the molecule is NC(=S)C1CCCC1NC(=O)C1CCC(C(F)(F)F)CC1. The largest absolute Gasteiger partial charge is 0.393 e. The topological polar surface area (TPSA) is 55.1 Å². The molecule has 0 spiro atoms. The van der Waals surface area contributed by atoms with Gasteiger partial charge in [-0.1, -0.05) is 18.6 Å². The molecule has 1 amide bonds. The van der Waals surface area contributed by atoms with Crippen LogP contribution in [0.2, 0.25) is 0 Å². The van der Waals surface area contributed by atoms with Gasteiger partial charge in [0.25, 0.3) is 0 Å². The van der Waals surface area contributed by atoms with Crippen LogP contribution >= 0.6 is 12.2 Å². The van der Waals surface area contributed by atoms with Gasteiger partial charge in [0.15, 0.2) is 0 Å². The average Bonchev–Trinajstić information content (AvgIpc) is 2.86. The first kappa shape index (κ1) is 16.5. The van der Waals surface area contributed by atoms with Crippen molar-refractivity contribution in [1.82, 2.24) is 5.32 Å². The van der Waals surface area contributed by atoms with Crippen molar-refractivity contribution in [3.63, 3.8) is 0 Å². The van der Waals surface area contributed by atoms with Gasteiger partial charge in [-0.2, -0.15) is 13.2 Å². The number of rotatable bonds is 3. The van der Waals surface area contributed by atoms with E-state index < -0.39 is 12.1 Å². The third-order valence-corrected chi connectivity index (χ3v) is 5.07. The minimum absolute atomic E-state index is 0.0236. The van der Waals surface area contributed by atoms with Crippen molar-refractivity contribution < 1.29 is 18.0 Å². The van der Waals surface area contributed by atoms with Crippen molar-refractivity contribution in [2.75, 3.05) is 0 Å². The van der Waals surface area contributed by atoms with Gasteiger partial charge >= 0.3 is 6.18 Å². The highest BCUT2D eigenvalue weighted by Gasteiger charge is 2.43. The summed E-state index contributed by atoms with van der Waals surface area (Å²) in [6.07, 6.45) is -0.749. The van der Waals surface area contributed by atoms with Crippen molar-refractivity contribution in [2.24, 2.45) is 23.5 Å². The van der Waals surface area contributed by atoms with Crippen LogP contribution in [0.4, 0.5) is 13.2 Å². The lowest BCUT2D eigenvalue weighted by molar-refractivity contribution is -0.184. The van der Waals surface area contributed by atoms with Crippen molar-refractivity contribution in [3.05, 3.63) is 0 Å². The van der Waals surface area contributed by atoms with Gasteiger partial charge < -0.3 is 11.1 Å². The van der Waals surface area contributed by atoms with E-state index in [9.17, 15) is 18.0 Å². The Labute approximate surface area is 127 Å². The summed E-state index contributed by atoms with van der Waals surface area (Å²) in [5.41, 5.74) is 5.66. The molecule has 0 aromatic heterocycles. The second-order valence-corrected chi connectivity index (χ2v) is 6.62. The Kier molecular flexibility index (Phi) is 5.11. The fraction of sp³-hybridized carbons (Fsp3) is 0.857. The zero-order chi connectivity index (χ0) is 15.6. The van der Waals surface area contributed by atoms with Crippen LogP contribution in [0.25, 0.3) is 0 Å². The second-order valence-electron chi connectivity index (χ2n) is 6.15. The van der Waals surface area contributed by atoms with E-state index in [0.29, 0.717) is 17.8 Å². The molecule has 0 radical (unpaired) electrons. The van der Waals surface area contributed by atoms with E-state index in [4.69, 9.17) is 18.0 Å². The van der Waals surface area contributed by atoms with E-state index in [2.05, 4.69) is 5.32 Å². The minimum Gasteiger partial charge on any atom is -0.393 e. The van der Waals surface area contributed by atoms with Gasteiger partial charge in [0.05, 0.1) is 10.9 Å². The maximum absolute atomic E-state index is 12.6. The first-order valence-electron chi connectivity index (χ1n) is 7.45. The summed E-state index contributed by atoms with van der Waals surface area (Å²) in [7, 11) is 0. The molecular weight excluding hydrogens is 301 g/mol. The standard InChI is InChI=1S/C14H21F3N2OS/c15-14(16,17)9-6-4-8(5-7-9)13(20)19-11-3-1-2-10(11)12(18)21/h8-11H,1-7H2,(H2,18,21)(H,19,20). The molecule has 2 aliphatic rings. The lowest BCUT2D eigenvalue weighted by Crippen LogP contribution is -2.45. The Hall–Kier alpha value is -0.850. The second kappa shape index (κ2) is 6.50. The predicted molar refractivity (Wildman–Crippen MR) is 77.6 cm³/mol. The lowest BCUT2D eigenvalue weighted by Gasteiger charge is -2.30. The summed E-state index contributed by atoms with van der Waals surface area (Å²) in [5, 5.41) is 2.95. The highest BCUT2D eigenvalue weighted by atomic mass is 32.1. The molecule has 7 heteroatoms. The molecule has 2 aliphatic carbocycles. The fourth-order valence-electron chi connectivity index (χ4n) is 3.46. The first-order chi connectivity index (χ1) is 9.79. The molecule has 0 aromatic rings. The van der Waals surface area contributed by atoms with Crippen LogP contribution in [-0.2, 0) is 4.79 Å². The number of hydrogen-bond donors (Lipinski definition) is 2. The van der Waals surface area contributed by atoms with Crippen LogP contribution in [0.1, 0.15) is 44.9 Å². The number of alkyl halides is 3. The normalized spacial score (nSPS) is 33.7. The van der Waals surface area contributed by atoms with Gasteiger partial charge in [-0.25, -0.2) is 0 Å². The number of carbonyl (C=O) groups is 1. The molecule has 2 saturated carbocycles. The Morgan fingerprint density at radius 2 is 1.71 bits per heavy atom. The van der Waals surface area contributed by atoms with E-state index in [-0.39, 0.29) is 36.6 Å². The van der Waals surface area contributed by atoms with Gasteiger partial charge in [0, 0.05) is 17.9 Å². The van der Waals surface area contributed by atoms with Crippen LogP contribution in [0, 0.1) is 17.8 Å². The molecule has 120 valence electrons. The molecular formula is C14H21F3N2OS. The highest BCUT2D eigenvalue weighted by Crippen LogP contribution is 2.39. The third-order valence-electron chi connectivity index (χ3n) is 4.77. The summed E-state index contributed by atoms with van der Waals surface area (Å²) in [6, 6.07) is -0.0460. The van der Waals surface area contributed by atoms with Crippen LogP contribution in [0.15, 0.2) is 0 Å². The number of halogens is 3. The smallest absolute Gasteiger partial charge is 0.391 e. The minimum atomic E-state index is -4.14. The molecule has 2 atom stereocenters. The highest BCUT2D eigenvalue weighted by molar-refractivity contribution is 7.80. The van der Waals surface area contributed by atoms with Crippen LogP contribution in [0.3, 0.4) is 0 Å². The van der Waals surface area contributed by atoms with E-state index >= 15 is 0 Å². The average molecular weight is 322 g/mol. The first-order valence-corrected chi connectivity index (χ1v) is 7.86. The van der Waals surface area contributed by atoms with E-state index in [1.54, 1.807) is 0 Å². The van der Waals surface area contributed by atoms with Gasteiger partial charge in [0.2, 0.25) is 5.91 Å². The van der Waals surface area contributed by atoms with E-state index in [1.165, 1.54) is 0 Å². The molecule has 2 rings (SSSR count). The number of thiocarbonyl (C=S) groups is 1. The molecule has 0 heterocycles. The molecule has 0 bridgehead atoms. The number of amides is 1. The molecule has 0 aliphatic heterocycles. The van der Waals surface area contributed by atoms with E-state index in [1.807, 2.05) is 0 Å². The third kappa shape index (κ3) is 4.08. The molecule has 3 nitrogen and oxygen atoms in total. The van der Waals surface area contributed by atoms with Gasteiger partial charge in [-0.3, -0.25) is 4.79 Å². The zero-order valence-electron chi connectivity index (χ0n) is 11.8. The maximum atomic E-state index is 12.6. The quantitative estimate of drug-likeness (QED) is 0.786. The Morgan fingerprint density at radius 3 is 2.24 bits per heavy atom. The van der Waals surface area contributed by atoms with Crippen molar-refractivity contribution >= 4 is 23.1 Å². The Bertz CT molecular complexity index is 406.